The number of hydrogen-bond acceptors (Lipinski definition) is 2. The molecule has 1 aromatic rings. The van der Waals surface area contributed by atoms with Crippen LogP contribution in [0.4, 0.5) is 14.5 Å². The predicted molar refractivity (Wildman–Crippen MR) is 70.8 cm³/mol. The number of hydrogen-bond donors (Lipinski definition) is 1. The van der Waals surface area contributed by atoms with E-state index in [9.17, 15) is 8.78 Å². The van der Waals surface area contributed by atoms with Gasteiger partial charge in [-0.3, -0.25) is 0 Å². The Kier molecular flexibility index (Phi) is 4.95. The molecule has 0 spiro atoms. The van der Waals surface area contributed by atoms with E-state index < -0.39 is 11.6 Å². The SMILES string of the molecule is Fc1cc(F)c(NCCCC2CCCO2)cc1Br. The minimum atomic E-state index is -0.586. The van der Waals surface area contributed by atoms with Crippen LogP contribution in [0.5, 0.6) is 0 Å². The van der Waals surface area contributed by atoms with Gasteiger partial charge in [-0.1, -0.05) is 0 Å². The topological polar surface area (TPSA) is 21.3 Å². The van der Waals surface area contributed by atoms with Gasteiger partial charge in [0.05, 0.1) is 16.3 Å². The standard InChI is InChI=1S/C13H16BrF2NO/c14-10-7-13(12(16)8-11(10)15)17-5-1-3-9-4-2-6-18-9/h7-9,17H,1-6H2. The molecule has 2 nitrogen and oxygen atoms in total. The largest absolute Gasteiger partial charge is 0.383 e. The van der Waals surface area contributed by atoms with Gasteiger partial charge in [0.25, 0.3) is 0 Å². The molecule has 2 rings (SSSR count). The molecule has 0 radical (unpaired) electrons. The third-order valence-electron chi connectivity index (χ3n) is 3.05. The third-order valence-corrected chi connectivity index (χ3v) is 3.66. The summed E-state index contributed by atoms with van der Waals surface area (Å²) in [6, 6.07) is 2.31. The Bertz CT molecular complexity index is 408. The summed E-state index contributed by atoms with van der Waals surface area (Å²) in [7, 11) is 0. The average Bonchev–Trinajstić information content (AvgIpc) is 2.84. The molecule has 1 aromatic carbocycles. The van der Waals surface area contributed by atoms with Gasteiger partial charge in [-0.25, -0.2) is 8.78 Å². The molecule has 5 heteroatoms. The first-order chi connectivity index (χ1) is 8.66. The fraction of sp³-hybridized carbons (Fsp3) is 0.538. The van der Waals surface area contributed by atoms with Crippen molar-refractivity contribution in [3.63, 3.8) is 0 Å². The second-order valence-corrected chi connectivity index (χ2v) is 5.30. The summed E-state index contributed by atoms with van der Waals surface area (Å²) in [5.74, 6) is -1.15. The van der Waals surface area contributed by atoms with Gasteiger partial charge >= 0.3 is 0 Å². The smallest absolute Gasteiger partial charge is 0.149 e. The van der Waals surface area contributed by atoms with Gasteiger partial charge in [0, 0.05) is 19.2 Å². The van der Waals surface area contributed by atoms with E-state index in [-0.39, 0.29) is 4.47 Å². The fourth-order valence-electron chi connectivity index (χ4n) is 2.08. The van der Waals surface area contributed by atoms with Crippen molar-refractivity contribution in [2.24, 2.45) is 0 Å². The summed E-state index contributed by atoms with van der Waals surface area (Å²) in [6.07, 6.45) is 4.51. The Morgan fingerprint density at radius 1 is 1.33 bits per heavy atom. The van der Waals surface area contributed by atoms with Gasteiger partial charge in [-0.05, 0) is 47.7 Å². The molecule has 0 aromatic heterocycles. The molecule has 0 aliphatic carbocycles. The van der Waals surface area contributed by atoms with Gasteiger partial charge in [0.15, 0.2) is 0 Å². The molecule has 0 saturated carbocycles. The number of ether oxygens (including phenoxy) is 1. The third kappa shape index (κ3) is 3.65. The molecule has 1 aliphatic rings. The molecular weight excluding hydrogens is 304 g/mol. The molecule has 0 bridgehead atoms. The van der Waals surface area contributed by atoms with Crippen molar-refractivity contribution in [3.8, 4) is 0 Å². The van der Waals surface area contributed by atoms with Crippen molar-refractivity contribution < 1.29 is 13.5 Å². The molecule has 1 aliphatic heterocycles. The second kappa shape index (κ2) is 6.48. The quantitative estimate of drug-likeness (QED) is 0.651. The van der Waals surface area contributed by atoms with Crippen molar-refractivity contribution in [2.45, 2.75) is 31.8 Å². The van der Waals surface area contributed by atoms with Crippen LogP contribution in [-0.2, 0) is 4.74 Å². The van der Waals surface area contributed by atoms with E-state index >= 15 is 0 Å². The van der Waals surface area contributed by atoms with Gasteiger partial charge in [-0.15, -0.1) is 0 Å². The number of halogens is 3. The summed E-state index contributed by atoms with van der Waals surface area (Å²) < 4.78 is 32.2. The fourth-order valence-corrected chi connectivity index (χ4v) is 2.43. The zero-order valence-corrected chi connectivity index (χ0v) is 11.6. The van der Waals surface area contributed by atoms with E-state index in [4.69, 9.17) is 4.74 Å². The molecular formula is C13H16BrF2NO. The van der Waals surface area contributed by atoms with E-state index in [2.05, 4.69) is 21.2 Å². The summed E-state index contributed by atoms with van der Waals surface area (Å²) in [5, 5.41) is 2.98. The normalized spacial score (nSPS) is 19.2. The molecule has 18 heavy (non-hydrogen) atoms. The molecule has 1 saturated heterocycles. The van der Waals surface area contributed by atoms with Crippen LogP contribution in [0.2, 0.25) is 0 Å². The first-order valence-electron chi connectivity index (χ1n) is 6.17. The minimum Gasteiger partial charge on any atom is -0.383 e. The monoisotopic (exact) mass is 319 g/mol. The number of rotatable bonds is 5. The summed E-state index contributed by atoms with van der Waals surface area (Å²) in [4.78, 5) is 0. The van der Waals surface area contributed by atoms with E-state index in [1.54, 1.807) is 0 Å². The number of nitrogens with one attached hydrogen (secondary N) is 1. The van der Waals surface area contributed by atoms with Gasteiger partial charge in [0.2, 0.25) is 0 Å². The Balaban J connectivity index is 1.77. The Morgan fingerprint density at radius 2 is 2.17 bits per heavy atom. The lowest BCUT2D eigenvalue weighted by Crippen LogP contribution is -2.09. The molecule has 1 N–H and O–H groups in total. The van der Waals surface area contributed by atoms with Crippen LogP contribution < -0.4 is 5.32 Å². The zero-order valence-electron chi connectivity index (χ0n) is 10.0. The lowest BCUT2D eigenvalue weighted by atomic mass is 10.1. The molecule has 1 heterocycles. The Hall–Kier alpha value is -0.680. The highest BCUT2D eigenvalue weighted by atomic mass is 79.9. The predicted octanol–water partition coefficient (Wildman–Crippen LogP) is 4.10. The molecule has 1 unspecified atom stereocenters. The maximum atomic E-state index is 13.4. The molecule has 1 atom stereocenters. The van der Waals surface area contributed by atoms with Crippen molar-refractivity contribution in [3.05, 3.63) is 28.2 Å². The summed E-state index contributed by atoms with van der Waals surface area (Å²) in [6.45, 7) is 1.52. The van der Waals surface area contributed by atoms with Crippen molar-refractivity contribution >= 4 is 21.6 Å². The number of anilines is 1. The Labute approximate surface area is 114 Å². The molecule has 100 valence electrons. The van der Waals surface area contributed by atoms with Crippen molar-refractivity contribution in [1.29, 1.82) is 0 Å². The van der Waals surface area contributed by atoms with Crippen molar-refractivity contribution in [2.75, 3.05) is 18.5 Å². The second-order valence-electron chi connectivity index (χ2n) is 4.45. The minimum absolute atomic E-state index is 0.269. The van der Waals surface area contributed by atoms with Crippen LogP contribution in [0.3, 0.4) is 0 Å². The van der Waals surface area contributed by atoms with Crippen LogP contribution in [0, 0.1) is 11.6 Å². The summed E-state index contributed by atoms with van der Waals surface area (Å²) >= 11 is 3.04. The summed E-state index contributed by atoms with van der Waals surface area (Å²) in [5.41, 5.74) is 0.329. The number of benzene rings is 1. The van der Waals surface area contributed by atoms with Gasteiger partial charge in [-0.2, -0.15) is 0 Å². The average molecular weight is 320 g/mol. The van der Waals surface area contributed by atoms with Crippen LogP contribution in [0.25, 0.3) is 0 Å². The van der Waals surface area contributed by atoms with Gasteiger partial charge < -0.3 is 10.1 Å². The van der Waals surface area contributed by atoms with E-state index in [0.29, 0.717) is 18.3 Å². The lowest BCUT2D eigenvalue weighted by Gasteiger charge is -2.11. The lowest BCUT2D eigenvalue weighted by molar-refractivity contribution is 0.103. The molecule has 1 fully saturated rings. The van der Waals surface area contributed by atoms with Crippen LogP contribution in [0.15, 0.2) is 16.6 Å². The van der Waals surface area contributed by atoms with Crippen LogP contribution in [-0.4, -0.2) is 19.3 Å². The highest BCUT2D eigenvalue weighted by Gasteiger charge is 2.14. The van der Waals surface area contributed by atoms with E-state index in [0.717, 1.165) is 38.4 Å². The highest BCUT2D eigenvalue weighted by Crippen LogP contribution is 2.24. The zero-order chi connectivity index (χ0) is 13.0. The van der Waals surface area contributed by atoms with Crippen LogP contribution >= 0.6 is 15.9 Å². The maximum absolute atomic E-state index is 13.4. The Morgan fingerprint density at radius 3 is 2.89 bits per heavy atom. The highest BCUT2D eigenvalue weighted by molar-refractivity contribution is 9.10. The first-order valence-corrected chi connectivity index (χ1v) is 6.96. The maximum Gasteiger partial charge on any atom is 0.149 e. The molecule has 0 amide bonds. The van der Waals surface area contributed by atoms with Crippen LogP contribution in [0.1, 0.15) is 25.7 Å². The van der Waals surface area contributed by atoms with Gasteiger partial charge in [0.1, 0.15) is 11.6 Å². The first kappa shape index (κ1) is 13.7. The van der Waals surface area contributed by atoms with E-state index in [1.807, 2.05) is 0 Å². The van der Waals surface area contributed by atoms with E-state index in [1.165, 1.54) is 6.07 Å². The van der Waals surface area contributed by atoms with Crippen molar-refractivity contribution in [1.82, 2.24) is 0 Å².